The van der Waals surface area contributed by atoms with Crippen LogP contribution in [0.2, 0.25) is 0 Å². The predicted molar refractivity (Wildman–Crippen MR) is 69.1 cm³/mol. The highest BCUT2D eigenvalue weighted by atomic mass is 16.2. The quantitative estimate of drug-likeness (QED) is 0.738. The molecule has 1 saturated heterocycles. The molecule has 2 amide bonds. The van der Waals surface area contributed by atoms with Crippen LogP contribution in [-0.2, 0) is 9.59 Å². The maximum Gasteiger partial charge on any atom is 0.223 e. The average molecular weight is 253 g/mol. The lowest BCUT2D eigenvalue weighted by molar-refractivity contribution is -0.132. The summed E-state index contributed by atoms with van der Waals surface area (Å²) in [6.45, 7) is 3.89. The van der Waals surface area contributed by atoms with Crippen molar-refractivity contribution in [1.82, 2.24) is 15.5 Å². The Labute approximate surface area is 108 Å². The van der Waals surface area contributed by atoms with Gasteiger partial charge in [0, 0.05) is 45.1 Å². The van der Waals surface area contributed by atoms with E-state index in [9.17, 15) is 9.59 Å². The van der Waals surface area contributed by atoms with E-state index < -0.39 is 0 Å². The number of carbonyl (C=O) groups is 2. The molecule has 0 aromatic rings. The van der Waals surface area contributed by atoms with Gasteiger partial charge in [0.25, 0.3) is 0 Å². The number of carbonyl (C=O) groups excluding carboxylic acids is 2. The van der Waals surface area contributed by atoms with Gasteiger partial charge < -0.3 is 15.5 Å². The van der Waals surface area contributed by atoms with Crippen molar-refractivity contribution in [3.05, 3.63) is 0 Å². The lowest BCUT2D eigenvalue weighted by Gasteiger charge is -2.32. The molecule has 5 nitrogen and oxygen atoms in total. The molecule has 2 aliphatic rings. The minimum absolute atomic E-state index is 0.0217. The summed E-state index contributed by atoms with van der Waals surface area (Å²) in [5, 5.41) is 6.28. The summed E-state index contributed by atoms with van der Waals surface area (Å²) in [7, 11) is 0. The summed E-state index contributed by atoms with van der Waals surface area (Å²) in [6, 6.07) is 0.916. The third-order valence-corrected chi connectivity index (χ3v) is 3.60. The normalized spacial score (nSPS) is 20.8. The van der Waals surface area contributed by atoms with Gasteiger partial charge in [-0.05, 0) is 25.7 Å². The highest BCUT2D eigenvalue weighted by Crippen LogP contribution is 2.18. The third kappa shape index (κ3) is 4.29. The number of amides is 2. The summed E-state index contributed by atoms with van der Waals surface area (Å²) in [5.74, 6) is 0.262. The largest absolute Gasteiger partial charge is 0.353 e. The molecular weight excluding hydrogens is 230 g/mol. The van der Waals surface area contributed by atoms with Gasteiger partial charge in [0.05, 0.1) is 0 Å². The van der Waals surface area contributed by atoms with Crippen LogP contribution in [0.3, 0.4) is 0 Å². The van der Waals surface area contributed by atoms with Gasteiger partial charge in [0.1, 0.15) is 0 Å². The Morgan fingerprint density at radius 1 is 1.11 bits per heavy atom. The average Bonchev–Trinajstić information content (AvgIpc) is 3.13. The summed E-state index contributed by atoms with van der Waals surface area (Å²) < 4.78 is 0. The van der Waals surface area contributed by atoms with Crippen LogP contribution in [0.25, 0.3) is 0 Å². The van der Waals surface area contributed by atoms with Crippen molar-refractivity contribution in [3.8, 4) is 0 Å². The number of nitrogens with zero attached hydrogens (tertiary/aromatic N) is 1. The van der Waals surface area contributed by atoms with Crippen molar-refractivity contribution < 1.29 is 9.59 Å². The van der Waals surface area contributed by atoms with Crippen LogP contribution in [0.1, 0.15) is 39.0 Å². The topological polar surface area (TPSA) is 61.4 Å². The highest BCUT2D eigenvalue weighted by Gasteiger charge is 2.24. The zero-order valence-corrected chi connectivity index (χ0v) is 11.1. The Hall–Kier alpha value is -1.10. The van der Waals surface area contributed by atoms with Crippen molar-refractivity contribution in [2.24, 2.45) is 0 Å². The van der Waals surface area contributed by atoms with E-state index >= 15 is 0 Å². The van der Waals surface area contributed by atoms with Gasteiger partial charge >= 0.3 is 0 Å². The van der Waals surface area contributed by atoms with Crippen molar-refractivity contribution in [3.63, 3.8) is 0 Å². The number of nitrogens with one attached hydrogen (secondary N) is 2. The van der Waals surface area contributed by atoms with Gasteiger partial charge in [-0.1, -0.05) is 0 Å². The second-order valence-corrected chi connectivity index (χ2v) is 5.33. The van der Waals surface area contributed by atoms with E-state index in [-0.39, 0.29) is 17.9 Å². The van der Waals surface area contributed by atoms with E-state index in [4.69, 9.17) is 0 Å². The van der Waals surface area contributed by atoms with Crippen molar-refractivity contribution in [2.45, 2.75) is 51.1 Å². The molecule has 0 bridgehead atoms. The molecule has 18 heavy (non-hydrogen) atoms. The number of rotatable bonds is 5. The van der Waals surface area contributed by atoms with Crippen molar-refractivity contribution >= 4 is 11.8 Å². The number of likely N-dealkylation sites (tertiary alicyclic amines) is 1. The zero-order valence-electron chi connectivity index (χ0n) is 11.1. The standard InChI is InChI=1S/C13H23N3O2/c1-10(17)15-12-5-8-16(9-6-12)13(18)4-7-14-11-2-3-11/h11-12,14H,2-9H2,1H3,(H,15,17). The molecule has 0 atom stereocenters. The van der Waals surface area contributed by atoms with E-state index in [1.165, 1.54) is 12.8 Å². The minimum Gasteiger partial charge on any atom is -0.353 e. The lowest BCUT2D eigenvalue weighted by atomic mass is 10.0. The van der Waals surface area contributed by atoms with Gasteiger partial charge in [-0.25, -0.2) is 0 Å². The van der Waals surface area contributed by atoms with E-state index in [1.54, 1.807) is 6.92 Å². The van der Waals surface area contributed by atoms with Gasteiger partial charge in [0.15, 0.2) is 0 Å². The fourth-order valence-electron chi connectivity index (χ4n) is 2.39. The fraction of sp³-hybridized carbons (Fsp3) is 0.846. The van der Waals surface area contributed by atoms with Crippen LogP contribution in [0.4, 0.5) is 0 Å². The number of piperidine rings is 1. The Morgan fingerprint density at radius 2 is 1.78 bits per heavy atom. The minimum atomic E-state index is 0.0217. The van der Waals surface area contributed by atoms with Crippen molar-refractivity contribution in [2.75, 3.05) is 19.6 Å². The Balaban J connectivity index is 1.61. The third-order valence-electron chi connectivity index (χ3n) is 3.60. The molecule has 0 spiro atoms. The molecule has 102 valence electrons. The fourth-order valence-corrected chi connectivity index (χ4v) is 2.39. The first-order valence-electron chi connectivity index (χ1n) is 6.93. The first-order chi connectivity index (χ1) is 8.65. The molecule has 0 aromatic carbocycles. The summed E-state index contributed by atoms with van der Waals surface area (Å²) >= 11 is 0. The Bertz CT molecular complexity index is 307. The maximum absolute atomic E-state index is 11.9. The Kier molecular flexibility index (Phi) is 4.58. The highest BCUT2D eigenvalue weighted by molar-refractivity contribution is 5.76. The smallest absolute Gasteiger partial charge is 0.223 e. The SMILES string of the molecule is CC(=O)NC1CCN(C(=O)CCNC2CC2)CC1. The first-order valence-corrected chi connectivity index (χ1v) is 6.93. The van der Waals surface area contributed by atoms with E-state index in [1.807, 2.05) is 4.90 Å². The molecule has 1 aliphatic heterocycles. The van der Waals surface area contributed by atoms with Gasteiger partial charge in [0.2, 0.25) is 11.8 Å². The molecule has 0 radical (unpaired) electrons. The number of hydrogen-bond donors (Lipinski definition) is 2. The molecule has 0 aromatic heterocycles. The zero-order chi connectivity index (χ0) is 13.0. The van der Waals surface area contributed by atoms with Crippen LogP contribution >= 0.6 is 0 Å². The molecule has 1 heterocycles. The van der Waals surface area contributed by atoms with Gasteiger partial charge in [-0.2, -0.15) is 0 Å². The summed E-state index contributed by atoms with van der Waals surface area (Å²) in [5.41, 5.74) is 0. The first kappa shape index (κ1) is 13.3. The van der Waals surface area contributed by atoms with Crippen molar-refractivity contribution in [1.29, 1.82) is 0 Å². The monoisotopic (exact) mass is 253 g/mol. The van der Waals surface area contributed by atoms with Crippen LogP contribution in [0.5, 0.6) is 0 Å². The second kappa shape index (κ2) is 6.18. The van der Waals surface area contributed by atoms with Crippen LogP contribution in [0, 0.1) is 0 Å². The molecule has 0 unspecified atom stereocenters. The van der Waals surface area contributed by atoms with E-state index in [0.717, 1.165) is 32.5 Å². The molecular formula is C13H23N3O2. The van der Waals surface area contributed by atoms with E-state index in [0.29, 0.717) is 12.5 Å². The summed E-state index contributed by atoms with van der Waals surface area (Å²) in [4.78, 5) is 24.8. The lowest BCUT2D eigenvalue weighted by Crippen LogP contribution is -2.46. The van der Waals surface area contributed by atoms with Crippen LogP contribution in [-0.4, -0.2) is 48.4 Å². The van der Waals surface area contributed by atoms with Gasteiger partial charge in [-0.3, -0.25) is 9.59 Å². The molecule has 1 aliphatic carbocycles. The summed E-state index contributed by atoms with van der Waals surface area (Å²) in [6.07, 6.45) is 4.87. The van der Waals surface area contributed by atoms with E-state index in [2.05, 4.69) is 10.6 Å². The maximum atomic E-state index is 11.9. The van der Waals surface area contributed by atoms with Crippen LogP contribution in [0.15, 0.2) is 0 Å². The molecule has 1 saturated carbocycles. The molecule has 2 N–H and O–H groups in total. The Morgan fingerprint density at radius 3 is 2.33 bits per heavy atom. The van der Waals surface area contributed by atoms with Crippen LogP contribution < -0.4 is 10.6 Å². The molecule has 5 heteroatoms. The second-order valence-electron chi connectivity index (χ2n) is 5.33. The predicted octanol–water partition coefficient (Wildman–Crippen LogP) is 0.256. The molecule has 2 fully saturated rings. The molecule has 2 rings (SSSR count). The number of hydrogen-bond acceptors (Lipinski definition) is 3. The van der Waals surface area contributed by atoms with Gasteiger partial charge in [-0.15, -0.1) is 0 Å².